The Hall–Kier alpha value is -3.28. The van der Waals surface area contributed by atoms with E-state index in [0.717, 1.165) is 66.1 Å². The highest BCUT2D eigenvalue weighted by Crippen LogP contribution is 2.28. The van der Waals surface area contributed by atoms with Gasteiger partial charge < -0.3 is 9.68 Å². The van der Waals surface area contributed by atoms with Crippen molar-refractivity contribution < 1.29 is 9.68 Å². The molecule has 0 N–H and O–H groups in total. The fraction of sp³-hybridized carbons (Fsp3) is 0.360. The minimum atomic E-state index is 0.544. The number of hydrogen-bond donors (Lipinski definition) is 0. The Morgan fingerprint density at radius 3 is 2.81 bits per heavy atom. The number of nitrogens with zero attached hydrogens (tertiary/aromatic N) is 4. The van der Waals surface area contributed by atoms with Gasteiger partial charge >= 0.3 is 0 Å². The van der Waals surface area contributed by atoms with Crippen molar-refractivity contribution >= 4 is 22.3 Å². The summed E-state index contributed by atoms with van der Waals surface area (Å²) in [4.78, 5) is 20.1. The number of fused-ring (bicyclic) bond motifs is 2. The molecule has 0 radical (unpaired) electrons. The second-order valence-electron chi connectivity index (χ2n) is 7.78. The van der Waals surface area contributed by atoms with Crippen molar-refractivity contribution in [3.05, 3.63) is 70.7 Å². The normalized spacial score (nSPS) is 15.2. The molecule has 0 amide bonds. The molecule has 0 saturated carbocycles. The number of hydrogen-bond acceptors (Lipinski definition) is 6. The quantitative estimate of drug-likeness (QED) is 0.309. The number of rotatable bonds is 7. The molecule has 3 aromatic rings. The van der Waals surface area contributed by atoms with Crippen molar-refractivity contribution in [2.24, 2.45) is 10.3 Å². The van der Waals surface area contributed by atoms with Crippen LogP contribution in [0.1, 0.15) is 54.4 Å². The van der Waals surface area contributed by atoms with Crippen LogP contribution >= 0.6 is 0 Å². The van der Waals surface area contributed by atoms with Crippen LogP contribution in [0.15, 0.2) is 52.8 Å². The fourth-order valence-electron chi connectivity index (χ4n) is 4.05. The zero-order valence-corrected chi connectivity index (χ0v) is 18.4. The highest BCUT2D eigenvalue weighted by atomic mass is 16.6. The largest absolute Gasteiger partial charge is 0.399 e. The minimum absolute atomic E-state index is 0.544. The average Bonchev–Trinajstić information content (AvgIpc) is 2.80. The van der Waals surface area contributed by atoms with E-state index >= 15 is 0 Å². The molecule has 0 unspecified atom stereocenters. The minimum Gasteiger partial charge on any atom is -0.399 e. The third kappa shape index (κ3) is 4.74. The van der Waals surface area contributed by atoms with Gasteiger partial charge in [-0.25, -0.2) is 4.98 Å². The van der Waals surface area contributed by atoms with Gasteiger partial charge in [0.1, 0.15) is 25.1 Å². The second-order valence-corrected chi connectivity index (χ2v) is 7.78. The molecular weight excluding hydrogens is 388 g/mol. The van der Waals surface area contributed by atoms with E-state index in [9.17, 15) is 0 Å². The summed E-state index contributed by atoms with van der Waals surface area (Å²) in [5.74, 6) is 0. The van der Waals surface area contributed by atoms with Crippen molar-refractivity contribution in [2.45, 2.75) is 46.0 Å². The lowest BCUT2D eigenvalue weighted by Gasteiger charge is -2.20. The van der Waals surface area contributed by atoms with Crippen LogP contribution in [0.2, 0.25) is 0 Å². The Labute approximate surface area is 183 Å². The van der Waals surface area contributed by atoms with Gasteiger partial charge in [-0.3, -0.25) is 4.98 Å². The summed E-state index contributed by atoms with van der Waals surface area (Å²) in [6.45, 7) is 4.62. The van der Waals surface area contributed by atoms with Gasteiger partial charge in [-0.2, -0.15) is 0 Å². The number of para-hydroxylation sites is 1. The van der Waals surface area contributed by atoms with E-state index in [2.05, 4.69) is 40.4 Å². The molecule has 2 heterocycles. The van der Waals surface area contributed by atoms with Gasteiger partial charge in [0.15, 0.2) is 0 Å². The third-order valence-electron chi connectivity index (χ3n) is 5.64. The zero-order valence-electron chi connectivity index (χ0n) is 18.4. The first-order chi connectivity index (χ1) is 15.2. The molecule has 1 aliphatic rings. The van der Waals surface area contributed by atoms with Crippen molar-refractivity contribution in [1.29, 1.82) is 0 Å². The monoisotopic (exact) mass is 416 g/mol. The molecule has 1 aliphatic carbocycles. The predicted molar refractivity (Wildman–Crippen MR) is 124 cm³/mol. The molecule has 0 fully saturated rings. The summed E-state index contributed by atoms with van der Waals surface area (Å²) in [7, 11) is 1.54. The molecule has 6 nitrogen and oxygen atoms in total. The molecule has 31 heavy (non-hydrogen) atoms. The van der Waals surface area contributed by atoms with Crippen LogP contribution in [0.3, 0.4) is 0 Å². The first kappa shape index (κ1) is 21.0. The van der Waals surface area contributed by atoms with Crippen LogP contribution in [0.5, 0.6) is 0 Å². The number of aryl methyl sites for hydroxylation is 2. The van der Waals surface area contributed by atoms with Crippen molar-refractivity contribution in [2.75, 3.05) is 13.7 Å². The van der Waals surface area contributed by atoms with Gasteiger partial charge in [0.05, 0.1) is 16.9 Å². The average molecular weight is 417 g/mol. The maximum Gasteiger partial charge on any atom is 0.117 e. The molecule has 0 saturated heterocycles. The standard InChI is InChI=1S/C25H28N4O2/c1-17-20-11-4-5-13-23(20)27-25-21(17)12-7-15-24(25)29-31-16-8-10-19-9-6-14-22(26-19)18(2)28-30-3/h4-6,9,11,13-14H,7-8,10,12,15-16H2,1-3H3/b28-18+,29-24+. The van der Waals surface area contributed by atoms with Crippen molar-refractivity contribution in [3.8, 4) is 0 Å². The maximum absolute atomic E-state index is 5.70. The van der Waals surface area contributed by atoms with Crippen molar-refractivity contribution in [1.82, 2.24) is 9.97 Å². The summed E-state index contributed by atoms with van der Waals surface area (Å²) in [5.41, 5.74) is 8.20. The molecule has 2 aromatic heterocycles. The molecule has 6 heteroatoms. The van der Waals surface area contributed by atoms with Crippen LogP contribution in [0.4, 0.5) is 0 Å². The molecule has 160 valence electrons. The first-order valence-corrected chi connectivity index (χ1v) is 10.8. The zero-order chi connectivity index (χ0) is 21.6. The Morgan fingerprint density at radius 1 is 1.06 bits per heavy atom. The molecule has 4 rings (SSSR count). The second kappa shape index (κ2) is 9.69. The number of pyridine rings is 2. The Morgan fingerprint density at radius 2 is 1.94 bits per heavy atom. The van der Waals surface area contributed by atoms with E-state index in [1.165, 1.54) is 23.6 Å². The molecule has 0 spiro atoms. The Balaban J connectivity index is 1.40. The molecule has 0 aliphatic heterocycles. The summed E-state index contributed by atoms with van der Waals surface area (Å²) in [5, 5.41) is 9.64. The highest BCUT2D eigenvalue weighted by Gasteiger charge is 2.21. The summed E-state index contributed by atoms with van der Waals surface area (Å²) in [6, 6.07) is 14.3. The topological polar surface area (TPSA) is 69.0 Å². The van der Waals surface area contributed by atoms with Crippen LogP contribution in [-0.2, 0) is 22.5 Å². The van der Waals surface area contributed by atoms with Crippen LogP contribution < -0.4 is 0 Å². The lowest BCUT2D eigenvalue weighted by molar-refractivity contribution is 0.141. The van der Waals surface area contributed by atoms with Gasteiger partial charge in [-0.1, -0.05) is 34.6 Å². The number of aromatic nitrogens is 2. The van der Waals surface area contributed by atoms with E-state index in [4.69, 9.17) is 14.7 Å². The molecule has 0 atom stereocenters. The first-order valence-electron chi connectivity index (χ1n) is 10.8. The predicted octanol–water partition coefficient (Wildman–Crippen LogP) is 5.00. The van der Waals surface area contributed by atoms with E-state index < -0.39 is 0 Å². The van der Waals surface area contributed by atoms with E-state index in [1.54, 1.807) is 0 Å². The lowest BCUT2D eigenvalue weighted by Crippen LogP contribution is -2.16. The van der Waals surface area contributed by atoms with Crippen LogP contribution in [0, 0.1) is 6.92 Å². The van der Waals surface area contributed by atoms with E-state index in [-0.39, 0.29) is 0 Å². The van der Waals surface area contributed by atoms with E-state index in [0.29, 0.717) is 6.61 Å². The smallest absolute Gasteiger partial charge is 0.117 e. The van der Waals surface area contributed by atoms with Crippen molar-refractivity contribution in [3.63, 3.8) is 0 Å². The lowest BCUT2D eigenvalue weighted by atomic mass is 9.89. The van der Waals surface area contributed by atoms with Crippen LogP contribution in [0.25, 0.3) is 10.9 Å². The SMILES string of the molecule is CO/N=C(\C)c1cccc(CCCO/N=C2\CCCc3c2nc2ccccc2c3C)n1. The van der Waals surface area contributed by atoms with Gasteiger partial charge in [-0.15, -0.1) is 0 Å². The maximum atomic E-state index is 5.70. The highest BCUT2D eigenvalue weighted by molar-refractivity contribution is 6.03. The van der Waals surface area contributed by atoms with Gasteiger partial charge in [0.2, 0.25) is 0 Å². The number of benzene rings is 1. The summed E-state index contributed by atoms with van der Waals surface area (Å²) in [6.07, 6.45) is 4.68. The number of oxime groups is 2. The summed E-state index contributed by atoms with van der Waals surface area (Å²) < 4.78 is 0. The fourth-order valence-corrected chi connectivity index (χ4v) is 4.05. The van der Waals surface area contributed by atoms with Crippen LogP contribution in [-0.4, -0.2) is 35.1 Å². The Bertz CT molecular complexity index is 1140. The Kier molecular flexibility index (Phi) is 6.55. The van der Waals surface area contributed by atoms with Gasteiger partial charge in [-0.05, 0) is 75.3 Å². The molecular formula is C25H28N4O2. The third-order valence-corrected chi connectivity index (χ3v) is 5.64. The van der Waals surface area contributed by atoms with Gasteiger partial charge in [0, 0.05) is 11.1 Å². The molecule has 1 aromatic carbocycles. The van der Waals surface area contributed by atoms with E-state index in [1.807, 2.05) is 31.2 Å². The molecule has 0 bridgehead atoms. The van der Waals surface area contributed by atoms with Gasteiger partial charge in [0.25, 0.3) is 0 Å². The summed E-state index contributed by atoms with van der Waals surface area (Å²) >= 11 is 0.